The highest BCUT2D eigenvalue weighted by Gasteiger charge is 2.18. The summed E-state index contributed by atoms with van der Waals surface area (Å²) in [6, 6.07) is 9.23. The predicted molar refractivity (Wildman–Crippen MR) is 105 cm³/mol. The maximum absolute atomic E-state index is 11.4. The van der Waals surface area contributed by atoms with E-state index in [-0.39, 0.29) is 5.92 Å². The van der Waals surface area contributed by atoms with E-state index in [0.717, 1.165) is 11.3 Å². The summed E-state index contributed by atoms with van der Waals surface area (Å²) in [4.78, 5) is 9.52. The molecule has 138 valence electrons. The molecule has 0 bridgehead atoms. The predicted octanol–water partition coefficient (Wildman–Crippen LogP) is 2.87. The maximum Gasteiger partial charge on any atom is 0.227 e. The molecule has 2 aromatic rings. The normalized spacial score (nSPS) is 17.3. The molecule has 3 N–H and O–H groups in total. The molecular weight excluding hydrogens is 362 g/mol. The standard InChI is InChI=1S/C19H19N5O2S/c1-12-9-15(27(21)25)4-5-16(12)23-19-22-8-7-17(24-19)13-3-6-18(26-2)14(10-13)11-20/h3-8,10,12H,9,21H2,1-2H3,(H,22,23,24). The second-order valence-corrected chi connectivity index (χ2v) is 7.19. The van der Waals surface area contributed by atoms with Crippen LogP contribution in [0.5, 0.6) is 5.75 Å². The zero-order valence-corrected chi connectivity index (χ0v) is 15.8. The number of methoxy groups -OCH3 is 1. The van der Waals surface area contributed by atoms with E-state index in [1.807, 2.05) is 19.1 Å². The molecule has 3 rings (SSSR count). The molecule has 2 atom stereocenters. The molecule has 0 saturated heterocycles. The first kappa shape index (κ1) is 18.8. The van der Waals surface area contributed by atoms with E-state index in [9.17, 15) is 9.47 Å². The van der Waals surface area contributed by atoms with Gasteiger partial charge in [0.05, 0.1) is 18.4 Å². The number of allylic oxidation sites excluding steroid dienone is 4. The lowest BCUT2D eigenvalue weighted by Gasteiger charge is -2.21. The van der Waals surface area contributed by atoms with Gasteiger partial charge < -0.3 is 10.1 Å². The van der Waals surface area contributed by atoms with Crippen LogP contribution in [0.1, 0.15) is 18.9 Å². The van der Waals surface area contributed by atoms with Crippen LogP contribution in [0.4, 0.5) is 5.95 Å². The first-order valence-electron chi connectivity index (χ1n) is 8.27. The molecule has 2 unspecified atom stereocenters. The van der Waals surface area contributed by atoms with Gasteiger partial charge in [0, 0.05) is 28.3 Å². The Bertz CT molecular complexity index is 994. The topological polar surface area (TPSA) is 114 Å². The molecule has 1 aromatic heterocycles. The number of nitriles is 1. The molecule has 0 fully saturated rings. The summed E-state index contributed by atoms with van der Waals surface area (Å²) in [6.45, 7) is 2.02. The van der Waals surface area contributed by atoms with Crippen LogP contribution in [0.25, 0.3) is 11.3 Å². The van der Waals surface area contributed by atoms with Gasteiger partial charge in [-0.3, -0.25) is 0 Å². The Hall–Kier alpha value is -3.02. The smallest absolute Gasteiger partial charge is 0.227 e. The Balaban J connectivity index is 1.87. The number of hydrogen-bond donors (Lipinski definition) is 2. The molecule has 27 heavy (non-hydrogen) atoms. The van der Waals surface area contributed by atoms with E-state index in [4.69, 9.17) is 9.88 Å². The lowest BCUT2D eigenvalue weighted by atomic mass is 9.99. The number of anilines is 1. The number of rotatable bonds is 5. The van der Waals surface area contributed by atoms with Crippen molar-refractivity contribution in [1.29, 1.82) is 5.26 Å². The summed E-state index contributed by atoms with van der Waals surface area (Å²) in [5, 5.41) is 17.9. The van der Waals surface area contributed by atoms with Crippen molar-refractivity contribution >= 4 is 16.9 Å². The van der Waals surface area contributed by atoms with Crippen LogP contribution >= 0.6 is 0 Å². The highest BCUT2D eigenvalue weighted by Crippen LogP contribution is 2.28. The number of nitrogens with zero attached hydrogens (tertiary/aromatic N) is 3. The Kier molecular flexibility index (Phi) is 5.64. The van der Waals surface area contributed by atoms with Crippen LogP contribution in [0.2, 0.25) is 0 Å². The Morgan fingerprint density at radius 2 is 2.19 bits per heavy atom. The van der Waals surface area contributed by atoms with Crippen LogP contribution in [-0.2, 0) is 11.0 Å². The zero-order chi connectivity index (χ0) is 19.4. The third-order valence-electron chi connectivity index (χ3n) is 4.27. The highest BCUT2D eigenvalue weighted by atomic mass is 32.2. The highest BCUT2D eigenvalue weighted by molar-refractivity contribution is 7.86. The van der Waals surface area contributed by atoms with Crippen molar-refractivity contribution in [3.63, 3.8) is 0 Å². The number of hydrogen-bond acceptors (Lipinski definition) is 6. The van der Waals surface area contributed by atoms with Gasteiger partial charge in [-0.25, -0.2) is 19.3 Å². The Labute approximate surface area is 160 Å². The van der Waals surface area contributed by atoms with Crippen molar-refractivity contribution in [3.8, 4) is 23.1 Å². The fourth-order valence-electron chi connectivity index (χ4n) is 2.80. The lowest BCUT2D eigenvalue weighted by Crippen LogP contribution is -2.17. The number of ether oxygens (including phenoxy) is 1. The quantitative estimate of drug-likeness (QED) is 0.823. The van der Waals surface area contributed by atoms with Gasteiger partial charge in [0.15, 0.2) is 0 Å². The van der Waals surface area contributed by atoms with Crippen molar-refractivity contribution in [3.05, 3.63) is 58.8 Å². The van der Waals surface area contributed by atoms with E-state index in [2.05, 4.69) is 21.4 Å². The van der Waals surface area contributed by atoms with Gasteiger partial charge in [-0.1, -0.05) is 6.92 Å². The van der Waals surface area contributed by atoms with Crippen molar-refractivity contribution in [2.75, 3.05) is 12.4 Å². The van der Waals surface area contributed by atoms with Crippen LogP contribution in [0.15, 0.2) is 53.2 Å². The largest absolute Gasteiger partial charge is 0.495 e. The van der Waals surface area contributed by atoms with E-state index >= 15 is 0 Å². The summed E-state index contributed by atoms with van der Waals surface area (Å²) in [7, 11) is 0.0815. The molecule has 1 aliphatic carbocycles. The average Bonchev–Trinajstić information content (AvgIpc) is 2.69. The first-order valence-corrected chi connectivity index (χ1v) is 9.48. The molecule has 1 heterocycles. The number of nitrogens with one attached hydrogen (secondary N) is 1. The number of aromatic nitrogens is 2. The number of nitrogens with two attached hydrogens (primary N) is 1. The summed E-state index contributed by atoms with van der Waals surface area (Å²) in [6.07, 6.45) is 5.90. The molecular formula is C19H19N5O2S. The minimum atomic E-state index is -1.45. The van der Waals surface area contributed by atoms with E-state index in [0.29, 0.717) is 34.3 Å². The lowest BCUT2D eigenvalue weighted by molar-refractivity contribution is 0.413. The fourth-order valence-corrected chi connectivity index (χ4v) is 3.42. The monoisotopic (exact) mass is 381 g/mol. The fraction of sp³-hybridized carbons (Fsp3) is 0.211. The van der Waals surface area contributed by atoms with Gasteiger partial charge in [0.2, 0.25) is 5.95 Å². The summed E-state index contributed by atoms with van der Waals surface area (Å²) >= 11 is 0. The first-order chi connectivity index (χ1) is 13.0. The number of benzene rings is 1. The van der Waals surface area contributed by atoms with Crippen LogP contribution < -0.4 is 15.2 Å². The molecule has 1 aromatic carbocycles. The minimum Gasteiger partial charge on any atom is -0.495 e. The van der Waals surface area contributed by atoms with Crippen LogP contribution in [0.3, 0.4) is 0 Å². The van der Waals surface area contributed by atoms with Crippen molar-refractivity contribution in [2.24, 2.45) is 11.1 Å². The summed E-state index contributed by atoms with van der Waals surface area (Å²) in [5.41, 5.74) is 2.85. The molecule has 8 heteroatoms. The molecule has 0 radical (unpaired) electrons. The van der Waals surface area contributed by atoms with Gasteiger partial charge in [0.1, 0.15) is 22.8 Å². The van der Waals surface area contributed by atoms with E-state index in [1.54, 1.807) is 30.5 Å². The summed E-state index contributed by atoms with van der Waals surface area (Å²) in [5.74, 6) is 1.09. The SMILES string of the molecule is COc1ccc(-c2ccnc(NC3=CC=C(S(N)=O)CC3C)n2)cc1C#N. The van der Waals surface area contributed by atoms with E-state index in [1.165, 1.54) is 7.11 Å². The Morgan fingerprint density at radius 3 is 2.85 bits per heavy atom. The molecule has 0 saturated carbocycles. The maximum atomic E-state index is 11.4. The molecule has 0 spiro atoms. The molecule has 7 nitrogen and oxygen atoms in total. The third kappa shape index (κ3) is 4.22. The van der Waals surface area contributed by atoms with Gasteiger partial charge in [0.25, 0.3) is 0 Å². The second kappa shape index (κ2) is 8.12. The van der Waals surface area contributed by atoms with Crippen LogP contribution in [0, 0.1) is 17.2 Å². The third-order valence-corrected chi connectivity index (χ3v) is 5.09. The van der Waals surface area contributed by atoms with Crippen molar-refractivity contribution in [2.45, 2.75) is 13.3 Å². The van der Waals surface area contributed by atoms with Gasteiger partial charge in [-0.15, -0.1) is 0 Å². The molecule has 1 aliphatic rings. The Morgan fingerprint density at radius 1 is 1.37 bits per heavy atom. The van der Waals surface area contributed by atoms with Crippen LogP contribution in [-0.4, -0.2) is 21.3 Å². The molecule has 0 amide bonds. The van der Waals surface area contributed by atoms with Gasteiger partial charge in [-0.2, -0.15) is 5.26 Å². The molecule has 0 aliphatic heterocycles. The average molecular weight is 381 g/mol. The van der Waals surface area contributed by atoms with Gasteiger partial charge >= 0.3 is 0 Å². The van der Waals surface area contributed by atoms with Crippen molar-refractivity contribution in [1.82, 2.24) is 9.97 Å². The second-order valence-electron chi connectivity index (χ2n) is 6.07. The minimum absolute atomic E-state index is 0.121. The van der Waals surface area contributed by atoms with E-state index < -0.39 is 11.0 Å². The van der Waals surface area contributed by atoms with Crippen molar-refractivity contribution < 1.29 is 8.95 Å². The zero-order valence-electron chi connectivity index (χ0n) is 15.0. The van der Waals surface area contributed by atoms with Gasteiger partial charge in [-0.05, 0) is 42.8 Å². The summed E-state index contributed by atoms with van der Waals surface area (Å²) < 4.78 is 16.6.